The number of hydrogen-bond acceptors (Lipinski definition) is 5. The Balaban J connectivity index is 1.50. The van der Waals surface area contributed by atoms with Gasteiger partial charge in [0.2, 0.25) is 0 Å². The standard InChI is InChI=1S/C17H12F3N7O/c18-17(19,20)11-6-7-14-23-24-15(26(14)10-11)9-21-16(28)13-8-22-27(25-13)12-4-2-1-3-5-12/h1-8,10H,9H2,(H,21,28). The molecule has 0 unspecified atom stereocenters. The van der Waals surface area contributed by atoms with Crippen molar-refractivity contribution in [1.82, 2.24) is 34.9 Å². The number of aromatic nitrogens is 6. The summed E-state index contributed by atoms with van der Waals surface area (Å²) in [7, 11) is 0. The van der Waals surface area contributed by atoms with Gasteiger partial charge in [0, 0.05) is 6.20 Å². The molecular formula is C17H12F3N7O. The van der Waals surface area contributed by atoms with Crippen LogP contribution in [0.2, 0.25) is 0 Å². The molecular weight excluding hydrogens is 375 g/mol. The zero-order chi connectivity index (χ0) is 19.7. The maximum absolute atomic E-state index is 12.9. The van der Waals surface area contributed by atoms with E-state index in [1.54, 1.807) is 12.1 Å². The number of carbonyl (C=O) groups is 1. The van der Waals surface area contributed by atoms with Crippen molar-refractivity contribution >= 4 is 11.6 Å². The first-order valence-electron chi connectivity index (χ1n) is 8.08. The average Bonchev–Trinajstić information content (AvgIpc) is 3.33. The minimum atomic E-state index is -4.49. The number of nitrogens with zero attached hydrogens (tertiary/aromatic N) is 6. The lowest BCUT2D eigenvalue weighted by atomic mass is 10.3. The van der Waals surface area contributed by atoms with Crippen LogP contribution in [0.1, 0.15) is 21.9 Å². The van der Waals surface area contributed by atoms with Gasteiger partial charge in [-0.05, 0) is 24.3 Å². The summed E-state index contributed by atoms with van der Waals surface area (Å²) in [6, 6.07) is 11.2. The number of alkyl halides is 3. The van der Waals surface area contributed by atoms with Gasteiger partial charge in [-0.15, -0.1) is 15.3 Å². The van der Waals surface area contributed by atoms with Crippen LogP contribution in [-0.4, -0.2) is 35.5 Å². The SMILES string of the molecule is O=C(NCc1nnc2ccc(C(F)(F)F)cn12)c1cnn(-c2ccccc2)n1. The van der Waals surface area contributed by atoms with Crippen molar-refractivity contribution < 1.29 is 18.0 Å². The van der Waals surface area contributed by atoms with Crippen LogP contribution >= 0.6 is 0 Å². The Labute approximate surface area is 155 Å². The maximum atomic E-state index is 12.9. The molecule has 0 radical (unpaired) electrons. The van der Waals surface area contributed by atoms with E-state index in [4.69, 9.17) is 0 Å². The lowest BCUT2D eigenvalue weighted by molar-refractivity contribution is -0.137. The zero-order valence-electron chi connectivity index (χ0n) is 14.1. The Kier molecular flexibility index (Phi) is 4.26. The van der Waals surface area contributed by atoms with Gasteiger partial charge in [0.05, 0.1) is 24.0 Å². The second kappa shape index (κ2) is 6.76. The number of nitrogens with one attached hydrogen (secondary N) is 1. The number of para-hydroxylation sites is 1. The number of carbonyl (C=O) groups excluding carboxylic acids is 1. The van der Waals surface area contributed by atoms with Crippen LogP contribution in [0.5, 0.6) is 0 Å². The third-order valence-electron chi connectivity index (χ3n) is 3.92. The number of pyridine rings is 1. The number of fused-ring (bicyclic) bond motifs is 1. The van der Waals surface area contributed by atoms with E-state index in [1.807, 2.05) is 18.2 Å². The molecule has 1 amide bonds. The molecule has 0 atom stereocenters. The molecule has 0 aliphatic carbocycles. The number of halogens is 3. The van der Waals surface area contributed by atoms with E-state index in [9.17, 15) is 18.0 Å². The fourth-order valence-corrected chi connectivity index (χ4v) is 2.53. The van der Waals surface area contributed by atoms with Gasteiger partial charge in [0.15, 0.2) is 17.2 Å². The summed E-state index contributed by atoms with van der Waals surface area (Å²) < 4.78 is 39.9. The van der Waals surface area contributed by atoms with E-state index < -0.39 is 17.6 Å². The van der Waals surface area contributed by atoms with Crippen LogP contribution in [0.25, 0.3) is 11.3 Å². The molecule has 0 spiro atoms. The molecule has 3 aromatic heterocycles. The molecule has 28 heavy (non-hydrogen) atoms. The minimum Gasteiger partial charge on any atom is -0.343 e. The van der Waals surface area contributed by atoms with E-state index in [-0.39, 0.29) is 23.7 Å². The number of amides is 1. The third-order valence-corrected chi connectivity index (χ3v) is 3.92. The molecule has 8 nitrogen and oxygen atoms in total. The molecule has 0 aliphatic heterocycles. The smallest absolute Gasteiger partial charge is 0.343 e. The minimum absolute atomic E-state index is 0.0636. The van der Waals surface area contributed by atoms with Crippen molar-refractivity contribution in [2.24, 2.45) is 0 Å². The van der Waals surface area contributed by atoms with Crippen LogP contribution in [0.3, 0.4) is 0 Å². The second-order valence-corrected chi connectivity index (χ2v) is 5.80. The van der Waals surface area contributed by atoms with Gasteiger partial charge < -0.3 is 5.32 Å². The van der Waals surface area contributed by atoms with Crippen molar-refractivity contribution in [2.45, 2.75) is 12.7 Å². The van der Waals surface area contributed by atoms with Gasteiger partial charge in [0.1, 0.15) is 0 Å². The Morgan fingerprint density at radius 2 is 1.86 bits per heavy atom. The largest absolute Gasteiger partial charge is 0.417 e. The maximum Gasteiger partial charge on any atom is 0.417 e. The fraction of sp³-hybridized carbons (Fsp3) is 0.118. The van der Waals surface area contributed by atoms with Crippen LogP contribution in [0.4, 0.5) is 13.2 Å². The van der Waals surface area contributed by atoms with E-state index in [1.165, 1.54) is 21.5 Å². The van der Waals surface area contributed by atoms with Gasteiger partial charge in [-0.2, -0.15) is 23.1 Å². The van der Waals surface area contributed by atoms with Crippen molar-refractivity contribution in [3.63, 3.8) is 0 Å². The molecule has 0 bridgehead atoms. The molecule has 0 saturated heterocycles. The summed E-state index contributed by atoms with van der Waals surface area (Å²) in [5.74, 6) is -0.379. The molecule has 4 rings (SSSR count). The Morgan fingerprint density at radius 3 is 2.61 bits per heavy atom. The first-order chi connectivity index (χ1) is 13.4. The average molecular weight is 387 g/mol. The predicted octanol–water partition coefficient (Wildman–Crippen LogP) is 2.26. The number of rotatable bonds is 4. The van der Waals surface area contributed by atoms with Crippen LogP contribution in [-0.2, 0) is 12.7 Å². The molecule has 4 aromatic rings. The third kappa shape index (κ3) is 3.41. The predicted molar refractivity (Wildman–Crippen MR) is 90.5 cm³/mol. The summed E-state index contributed by atoms with van der Waals surface area (Å²) in [5.41, 5.74) is 0.156. The Hall–Kier alpha value is -3.76. The van der Waals surface area contributed by atoms with Crippen molar-refractivity contribution in [3.8, 4) is 5.69 Å². The van der Waals surface area contributed by atoms with E-state index >= 15 is 0 Å². The normalized spacial score (nSPS) is 11.7. The van der Waals surface area contributed by atoms with Crippen LogP contribution < -0.4 is 5.32 Å². The first kappa shape index (κ1) is 17.6. The topological polar surface area (TPSA) is 90.0 Å². The first-order valence-corrected chi connectivity index (χ1v) is 8.08. The molecule has 1 aromatic carbocycles. The summed E-state index contributed by atoms with van der Waals surface area (Å²) in [4.78, 5) is 13.6. The summed E-state index contributed by atoms with van der Waals surface area (Å²) in [5, 5.41) is 18.3. The van der Waals surface area contributed by atoms with Gasteiger partial charge in [-0.25, -0.2) is 0 Å². The van der Waals surface area contributed by atoms with Crippen molar-refractivity contribution in [3.05, 3.63) is 71.9 Å². The van der Waals surface area contributed by atoms with E-state index in [2.05, 4.69) is 25.7 Å². The van der Waals surface area contributed by atoms with Gasteiger partial charge in [0.25, 0.3) is 5.91 Å². The summed E-state index contributed by atoms with van der Waals surface area (Å²) in [6.07, 6.45) is -2.30. The number of benzene rings is 1. The van der Waals surface area contributed by atoms with Gasteiger partial charge >= 0.3 is 6.18 Å². The van der Waals surface area contributed by atoms with Crippen molar-refractivity contribution in [1.29, 1.82) is 0 Å². The highest BCUT2D eigenvalue weighted by atomic mass is 19.4. The van der Waals surface area contributed by atoms with E-state index in [0.717, 1.165) is 12.3 Å². The summed E-state index contributed by atoms with van der Waals surface area (Å²) >= 11 is 0. The van der Waals surface area contributed by atoms with Gasteiger partial charge in [-0.1, -0.05) is 18.2 Å². The molecule has 0 aliphatic rings. The molecule has 142 valence electrons. The van der Waals surface area contributed by atoms with Crippen molar-refractivity contribution in [2.75, 3.05) is 0 Å². The zero-order valence-corrected chi connectivity index (χ0v) is 14.1. The quantitative estimate of drug-likeness (QED) is 0.580. The highest BCUT2D eigenvalue weighted by molar-refractivity contribution is 5.91. The molecule has 3 heterocycles. The van der Waals surface area contributed by atoms with Crippen LogP contribution in [0, 0.1) is 0 Å². The lowest BCUT2D eigenvalue weighted by Gasteiger charge is -2.07. The highest BCUT2D eigenvalue weighted by Crippen LogP contribution is 2.29. The van der Waals surface area contributed by atoms with E-state index in [0.29, 0.717) is 5.69 Å². The monoisotopic (exact) mass is 387 g/mol. The highest BCUT2D eigenvalue weighted by Gasteiger charge is 2.31. The van der Waals surface area contributed by atoms with Crippen LogP contribution in [0.15, 0.2) is 54.9 Å². The number of hydrogen-bond donors (Lipinski definition) is 1. The Morgan fingerprint density at radius 1 is 1.07 bits per heavy atom. The molecule has 11 heteroatoms. The summed E-state index contributed by atoms with van der Waals surface area (Å²) in [6.45, 7) is -0.125. The molecule has 0 saturated carbocycles. The fourth-order valence-electron chi connectivity index (χ4n) is 2.53. The Bertz CT molecular complexity index is 1130. The second-order valence-electron chi connectivity index (χ2n) is 5.80. The molecule has 1 N–H and O–H groups in total. The van der Waals surface area contributed by atoms with Gasteiger partial charge in [-0.3, -0.25) is 9.20 Å². The molecule has 0 fully saturated rings. The lowest BCUT2D eigenvalue weighted by Crippen LogP contribution is -2.24.